The molecule has 1 unspecified atom stereocenters. The van der Waals surface area contributed by atoms with E-state index in [9.17, 15) is 0 Å². The van der Waals surface area contributed by atoms with Crippen LogP contribution >= 0.6 is 0 Å². The van der Waals surface area contributed by atoms with Gasteiger partial charge in [0.2, 0.25) is 0 Å². The first-order chi connectivity index (χ1) is 10.9. The van der Waals surface area contributed by atoms with Gasteiger partial charge in [0.1, 0.15) is 0 Å². The molecule has 3 heteroatoms. The average molecular weight is 308 g/mol. The molecule has 0 spiro atoms. The largest absolute Gasteiger partial charge is 0.397 e. The SMILES string of the molecule is c1ccc2c(CO[SiH]3CCCCO3)c3ccccc3cc2c1. The Kier molecular flexibility index (Phi) is 3.93. The molecular formula is C19H20O2Si. The number of hydrogen-bond donors (Lipinski definition) is 0. The lowest BCUT2D eigenvalue weighted by Crippen LogP contribution is -2.26. The van der Waals surface area contributed by atoms with E-state index in [1.54, 1.807) is 0 Å². The van der Waals surface area contributed by atoms with Gasteiger partial charge in [-0.15, -0.1) is 0 Å². The summed E-state index contributed by atoms with van der Waals surface area (Å²) in [5, 5.41) is 5.16. The van der Waals surface area contributed by atoms with Gasteiger partial charge in [0.25, 0.3) is 0 Å². The van der Waals surface area contributed by atoms with Crippen molar-refractivity contribution in [2.24, 2.45) is 0 Å². The highest BCUT2D eigenvalue weighted by Gasteiger charge is 2.18. The zero-order valence-electron chi connectivity index (χ0n) is 12.6. The van der Waals surface area contributed by atoms with E-state index in [4.69, 9.17) is 8.85 Å². The molecule has 3 aromatic rings. The van der Waals surface area contributed by atoms with Gasteiger partial charge in [-0.05, 0) is 52.1 Å². The molecule has 0 aliphatic carbocycles. The number of fused-ring (bicyclic) bond motifs is 2. The van der Waals surface area contributed by atoms with E-state index < -0.39 is 9.28 Å². The van der Waals surface area contributed by atoms with Crippen molar-refractivity contribution < 1.29 is 8.85 Å². The van der Waals surface area contributed by atoms with Crippen molar-refractivity contribution in [1.29, 1.82) is 0 Å². The average Bonchev–Trinajstić information content (AvgIpc) is 2.59. The van der Waals surface area contributed by atoms with E-state index in [0.717, 1.165) is 12.7 Å². The molecule has 0 aromatic heterocycles. The van der Waals surface area contributed by atoms with Crippen molar-refractivity contribution in [1.82, 2.24) is 0 Å². The Balaban J connectivity index is 1.75. The zero-order chi connectivity index (χ0) is 14.8. The molecule has 1 fully saturated rings. The van der Waals surface area contributed by atoms with Crippen molar-refractivity contribution in [3.63, 3.8) is 0 Å². The van der Waals surface area contributed by atoms with Crippen LogP contribution in [0.3, 0.4) is 0 Å². The Hall–Kier alpha value is -1.68. The smallest absolute Gasteiger partial charge is 0.321 e. The fraction of sp³-hybridized carbons (Fsp3) is 0.263. The monoisotopic (exact) mass is 308 g/mol. The highest BCUT2D eigenvalue weighted by molar-refractivity contribution is 6.44. The molecule has 4 rings (SSSR count). The molecule has 1 aliphatic rings. The van der Waals surface area contributed by atoms with Crippen LogP contribution < -0.4 is 0 Å². The predicted octanol–water partition coefficient (Wildman–Crippen LogP) is 4.54. The van der Waals surface area contributed by atoms with Crippen LogP contribution in [-0.4, -0.2) is 15.9 Å². The molecule has 1 atom stereocenters. The van der Waals surface area contributed by atoms with E-state index in [0.29, 0.717) is 6.61 Å². The number of rotatable bonds is 3. The summed E-state index contributed by atoms with van der Waals surface area (Å²) in [6, 6.07) is 20.6. The lowest BCUT2D eigenvalue weighted by molar-refractivity contribution is 0.171. The number of hydrogen-bond acceptors (Lipinski definition) is 2. The van der Waals surface area contributed by atoms with Crippen molar-refractivity contribution >= 4 is 30.8 Å². The van der Waals surface area contributed by atoms with Gasteiger partial charge in [-0.1, -0.05) is 48.5 Å². The third kappa shape index (κ3) is 2.67. The van der Waals surface area contributed by atoms with E-state index in [-0.39, 0.29) is 0 Å². The lowest BCUT2D eigenvalue weighted by Gasteiger charge is -2.22. The summed E-state index contributed by atoms with van der Waals surface area (Å²) in [5.41, 5.74) is 1.30. The van der Waals surface area contributed by atoms with Gasteiger partial charge in [-0.3, -0.25) is 0 Å². The summed E-state index contributed by atoms with van der Waals surface area (Å²) in [6.45, 7) is 1.55. The standard InChI is InChI=1S/C19H20O2Si/c1-3-9-17-15(7-1)13-16-8-2-4-10-18(16)19(17)14-21-22-12-6-5-11-20-22/h1-4,7-10,13,22H,5-6,11-12,14H2. The zero-order valence-corrected chi connectivity index (χ0v) is 13.8. The van der Waals surface area contributed by atoms with E-state index in [1.165, 1.54) is 39.9 Å². The summed E-state index contributed by atoms with van der Waals surface area (Å²) in [5.74, 6) is 0. The molecule has 2 nitrogen and oxygen atoms in total. The van der Waals surface area contributed by atoms with Crippen molar-refractivity contribution in [2.75, 3.05) is 6.61 Å². The topological polar surface area (TPSA) is 18.5 Å². The maximum Gasteiger partial charge on any atom is 0.321 e. The molecular weight excluding hydrogens is 288 g/mol. The van der Waals surface area contributed by atoms with Crippen LogP contribution in [0.15, 0.2) is 54.6 Å². The Morgan fingerprint density at radius 1 is 0.909 bits per heavy atom. The van der Waals surface area contributed by atoms with E-state index in [2.05, 4.69) is 54.6 Å². The second-order valence-corrected chi connectivity index (χ2v) is 8.01. The second kappa shape index (κ2) is 6.21. The molecule has 1 aliphatic heterocycles. The minimum atomic E-state index is -1.46. The fourth-order valence-electron chi connectivity index (χ4n) is 3.28. The molecule has 1 heterocycles. The molecule has 0 N–H and O–H groups in total. The summed E-state index contributed by atoms with van der Waals surface area (Å²) in [7, 11) is -1.46. The quantitative estimate of drug-likeness (QED) is 0.522. The second-order valence-electron chi connectivity index (χ2n) is 5.90. The van der Waals surface area contributed by atoms with Crippen molar-refractivity contribution in [3.8, 4) is 0 Å². The van der Waals surface area contributed by atoms with Crippen LogP contribution in [0.2, 0.25) is 6.04 Å². The van der Waals surface area contributed by atoms with Gasteiger partial charge in [0, 0.05) is 6.61 Å². The molecule has 112 valence electrons. The van der Waals surface area contributed by atoms with Crippen LogP contribution in [0.5, 0.6) is 0 Å². The molecule has 0 bridgehead atoms. The molecule has 3 aromatic carbocycles. The first-order valence-electron chi connectivity index (χ1n) is 8.04. The molecule has 1 saturated heterocycles. The Morgan fingerprint density at radius 2 is 1.59 bits per heavy atom. The molecule has 0 saturated carbocycles. The van der Waals surface area contributed by atoms with Gasteiger partial charge in [-0.2, -0.15) is 0 Å². The highest BCUT2D eigenvalue weighted by Crippen LogP contribution is 2.29. The first-order valence-corrected chi connectivity index (χ1v) is 9.80. The van der Waals surface area contributed by atoms with Crippen LogP contribution in [0.25, 0.3) is 21.5 Å². The lowest BCUT2D eigenvalue weighted by atomic mass is 9.97. The fourth-order valence-corrected chi connectivity index (χ4v) is 5.12. The van der Waals surface area contributed by atoms with Gasteiger partial charge >= 0.3 is 9.28 Å². The molecule has 0 radical (unpaired) electrons. The summed E-state index contributed by atoms with van der Waals surface area (Å²) in [6.07, 6.45) is 2.44. The van der Waals surface area contributed by atoms with Crippen LogP contribution in [-0.2, 0) is 15.5 Å². The third-order valence-corrected chi connectivity index (χ3v) is 6.46. The van der Waals surface area contributed by atoms with Crippen molar-refractivity contribution in [2.45, 2.75) is 25.5 Å². The highest BCUT2D eigenvalue weighted by atomic mass is 28.3. The minimum absolute atomic E-state index is 0.665. The van der Waals surface area contributed by atoms with Gasteiger partial charge in [0.05, 0.1) is 6.61 Å². The maximum atomic E-state index is 6.20. The van der Waals surface area contributed by atoms with Crippen LogP contribution in [0.4, 0.5) is 0 Å². The third-order valence-electron chi connectivity index (χ3n) is 4.43. The van der Waals surface area contributed by atoms with Crippen LogP contribution in [0.1, 0.15) is 18.4 Å². The molecule has 22 heavy (non-hydrogen) atoms. The van der Waals surface area contributed by atoms with Crippen molar-refractivity contribution in [3.05, 3.63) is 60.2 Å². The minimum Gasteiger partial charge on any atom is -0.397 e. The number of benzene rings is 3. The van der Waals surface area contributed by atoms with E-state index >= 15 is 0 Å². The summed E-state index contributed by atoms with van der Waals surface area (Å²) < 4.78 is 12.0. The van der Waals surface area contributed by atoms with Gasteiger partial charge < -0.3 is 8.85 Å². The van der Waals surface area contributed by atoms with Crippen LogP contribution in [0, 0.1) is 0 Å². The van der Waals surface area contributed by atoms with Gasteiger partial charge in [0.15, 0.2) is 0 Å². The maximum absolute atomic E-state index is 6.20. The Bertz CT molecular complexity index is 740. The summed E-state index contributed by atoms with van der Waals surface area (Å²) >= 11 is 0. The normalized spacial score (nSPS) is 18.8. The van der Waals surface area contributed by atoms with E-state index in [1.807, 2.05) is 0 Å². The first kappa shape index (κ1) is 13.9. The summed E-state index contributed by atoms with van der Waals surface area (Å²) in [4.78, 5) is 0. The van der Waals surface area contributed by atoms with Gasteiger partial charge in [-0.25, -0.2) is 0 Å². The Morgan fingerprint density at radius 3 is 2.23 bits per heavy atom. The Labute approximate surface area is 132 Å². The molecule has 0 amide bonds. The predicted molar refractivity (Wildman–Crippen MR) is 93.4 cm³/mol.